The average Bonchev–Trinajstić information content (AvgIpc) is 3.69. The lowest BCUT2D eigenvalue weighted by Crippen LogP contribution is -2.59. The van der Waals surface area contributed by atoms with Crippen LogP contribution >= 0.6 is 0 Å². The van der Waals surface area contributed by atoms with Crippen LogP contribution in [-0.4, -0.2) is 95.1 Å². The summed E-state index contributed by atoms with van der Waals surface area (Å²) in [7, 11) is 0. The molecule has 51 heavy (non-hydrogen) atoms. The van der Waals surface area contributed by atoms with Gasteiger partial charge >= 0.3 is 6.09 Å². The molecule has 0 aliphatic carbocycles. The van der Waals surface area contributed by atoms with Crippen molar-refractivity contribution in [2.24, 2.45) is 5.41 Å². The number of anilines is 4. The summed E-state index contributed by atoms with van der Waals surface area (Å²) >= 11 is 0. The summed E-state index contributed by atoms with van der Waals surface area (Å²) in [4.78, 5) is 55.1. The number of piperidine rings is 1. The molecule has 2 N–H and O–H groups in total. The summed E-state index contributed by atoms with van der Waals surface area (Å²) in [6, 6.07) is 17.5. The number of carbonyl (C=O) groups excluding carboxylic acids is 3. The zero-order valence-corrected chi connectivity index (χ0v) is 29.9. The molecule has 5 aliphatic heterocycles. The highest BCUT2D eigenvalue weighted by Gasteiger charge is 2.47. The molecule has 2 aromatic carbocycles. The Morgan fingerprint density at radius 1 is 0.922 bits per heavy atom. The van der Waals surface area contributed by atoms with Gasteiger partial charge in [-0.1, -0.05) is 12.1 Å². The molecule has 8 rings (SSSR count). The number of fused-ring (bicyclic) bond motifs is 1. The van der Waals surface area contributed by atoms with Crippen LogP contribution in [0.25, 0.3) is 0 Å². The van der Waals surface area contributed by atoms with E-state index in [-0.39, 0.29) is 23.8 Å². The molecular formula is C39H48N8O4. The van der Waals surface area contributed by atoms with E-state index in [0.29, 0.717) is 49.8 Å². The fraction of sp³-hybridized carbons (Fsp3) is 0.513. The molecule has 268 valence electrons. The van der Waals surface area contributed by atoms with Crippen LogP contribution < -0.4 is 20.4 Å². The van der Waals surface area contributed by atoms with Crippen molar-refractivity contribution < 1.29 is 19.1 Å². The number of hydrogen-bond acceptors (Lipinski definition) is 10. The van der Waals surface area contributed by atoms with Gasteiger partial charge in [0.25, 0.3) is 0 Å². The SMILES string of the molecule is CC(C)(C)OC(=O)N1CCc2cnc(Nc3ccc(N4CCC5(CCN(C6CN(c7ccc(C8CCC(=O)NC8=O)cc7)C6)C5)C4)cc3)nc2C1. The zero-order valence-electron chi connectivity index (χ0n) is 29.9. The Morgan fingerprint density at radius 3 is 2.39 bits per heavy atom. The van der Waals surface area contributed by atoms with Gasteiger partial charge in [0.2, 0.25) is 17.8 Å². The van der Waals surface area contributed by atoms with Crippen LogP contribution in [-0.2, 0) is 27.3 Å². The lowest BCUT2D eigenvalue weighted by Gasteiger charge is -2.46. The smallest absolute Gasteiger partial charge is 0.410 e. The van der Waals surface area contributed by atoms with Crippen molar-refractivity contribution in [3.8, 4) is 0 Å². The van der Waals surface area contributed by atoms with Crippen molar-refractivity contribution in [1.82, 2.24) is 25.1 Å². The van der Waals surface area contributed by atoms with Gasteiger partial charge in [0.1, 0.15) is 5.60 Å². The van der Waals surface area contributed by atoms with E-state index in [1.165, 1.54) is 24.2 Å². The second-order valence-electron chi connectivity index (χ2n) is 16.0. The monoisotopic (exact) mass is 692 g/mol. The van der Waals surface area contributed by atoms with Gasteiger partial charge in [-0.2, -0.15) is 0 Å². The zero-order chi connectivity index (χ0) is 35.3. The number of ether oxygens (including phenoxy) is 1. The normalized spacial score (nSPS) is 24.1. The first-order valence-electron chi connectivity index (χ1n) is 18.4. The van der Waals surface area contributed by atoms with E-state index >= 15 is 0 Å². The van der Waals surface area contributed by atoms with Crippen LogP contribution in [0.2, 0.25) is 0 Å². The first kappa shape index (κ1) is 33.4. The van der Waals surface area contributed by atoms with Crippen molar-refractivity contribution >= 4 is 40.9 Å². The minimum absolute atomic E-state index is 0.175. The van der Waals surface area contributed by atoms with Gasteiger partial charge in [0, 0.05) is 80.4 Å². The molecule has 5 aliphatic rings. The van der Waals surface area contributed by atoms with Crippen molar-refractivity contribution in [1.29, 1.82) is 0 Å². The van der Waals surface area contributed by atoms with Gasteiger partial charge in [-0.25, -0.2) is 14.8 Å². The summed E-state index contributed by atoms with van der Waals surface area (Å²) in [5.41, 5.74) is 6.08. The topological polar surface area (TPSA) is 123 Å². The van der Waals surface area contributed by atoms with E-state index in [9.17, 15) is 14.4 Å². The number of imide groups is 1. The van der Waals surface area contributed by atoms with E-state index in [2.05, 4.69) is 66.7 Å². The maximum absolute atomic E-state index is 12.6. The number of carbonyl (C=O) groups is 3. The van der Waals surface area contributed by atoms with Crippen LogP contribution in [0.1, 0.15) is 69.2 Å². The Labute approximate surface area is 299 Å². The number of nitrogens with zero attached hydrogens (tertiary/aromatic N) is 6. The highest BCUT2D eigenvalue weighted by molar-refractivity contribution is 6.01. The fourth-order valence-corrected chi connectivity index (χ4v) is 8.33. The number of amides is 3. The molecule has 4 fully saturated rings. The Hall–Kier alpha value is -4.71. The van der Waals surface area contributed by atoms with Crippen molar-refractivity contribution in [3.05, 3.63) is 71.5 Å². The quantitative estimate of drug-likeness (QED) is 0.348. The van der Waals surface area contributed by atoms with Crippen LogP contribution in [0.15, 0.2) is 54.7 Å². The van der Waals surface area contributed by atoms with Gasteiger partial charge in [0.15, 0.2) is 0 Å². The molecule has 3 amide bonds. The molecule has 0 bridgehead atoms. The number of aromatic nitrogens is 2. The molecule has 12 nitrogen and oxygen atoms in total. The molecule has 0 saturated carbocycles. The summed E-state index contributed by atoms with van der Waals surface area (Å²) in [5.74, 6) is -0.0694. The van der Waals surface area contributed by atoms with Gasteiger partial charge in [-0.15, -0.1) is 0 Å². The van der Waals surface area contributed by atoms with Gasteiger partial charge < -0.3 is 24.8 Å². The Bertz CT molecular complexity index is 1800. The van der Waals surface area contributed by atoms with Gasteiger partial charge in [-0.05, 0) is 101 Å². The second kappa shape index (κ2) is 13.1. The Balaban J connectivity index is 0.816. The number of benzene rings is 2. The van der Waals surface area contributed by atoms with Gasteiger partial charge in [-0.3, -0.25) is 19.8 Å². The summed E-state index contributed by atoms with van der Waals surface area (Å²) in [6.07, 6.45) is 5.70. The molecule has 6 heterocycles. The number of rotatable bonds is 6. The first-order valence-corrected chi connectivity index (χ1v) is 18.4. The molecule has 4 saturated heterocycles. The minimum atomic E-state index is -0.534. The molecular weight excluding hydrogens is 644 g/mol. The molecule has 2 atom stereocenters. The van der Waals surface area contributed by atoms with Crippen molar-refractivity contribution in [2.45, 2.75) is 77.0 Å². The standard InChI is InChI=1S/C39H48N8O4/c1-38(2,3)51-37(50)44-17-14-27-20-40-36(42-33(27)23-44)41-28-6-10-29(11-7-28)45-18-15-39(24-45)16-19-46(25-39)31-21-47(22-31)30-8-4-26(5-9-30)32-12-13-34(48)43-35(32)49/h4-11,20,31-32H,12-19,21-25H2,1-3H3,(H,40,41,42)(H,43,48,49). The van der Waals surface area contributed by atoms with Crippen molar-refractivity contribution in [2.75, 3.05) is 60.9 Å². The van der Waals surface area contributed by atoms with Crippen LogP contribution in [0.5, 0.6) is 0 Å². The predicted octanol–water partition coefficient (Wildman–Crippen LogP) is 4.82. The van der Waals surface area contributed by atoms with E-state index in [1.807, 2.05) is 39.1 Å². The molecule has 1 aromatic heterocycles. The van der Waals surface area contributed by atoms with Gasteiger partial charge in [0.05, 0.1) is 18.2 Å². The van der Waals surface area contributed by atoms with Crippen LogP contribution in [0, 0.1) is 5.41 Å². The average molecular weight is 693 g/mol. The van der Waals surface area contributed by atoms with E-state index in [0.717, 1.165) is 61.8 Å². The molecule has 12 heteroatoms. The third kappa shape index (κ3) is 7.11. The largest absolute Gasteiger partial charge is 0.444 e. The maximum Gasteiger partial charge on any atom is 0.410 e. The predicted molar refractivity (Wildman–Crippen MR) is 195 cm³/mol. The molecule has 0 radical (unpaired) electrons. The first-order chi connectivity index (χ1) is 24.5. The number of likely N-dealkylation sites (tertiary alicyclic amines) is 1. The molecule has 2 unspecified atom stereocenters. The van der Waals surface area contributed by atoms with Crippen LogP contribution in [0.4, 0.5) is 27.8 Å². The minimum Gasteiger partial charge on any atom is -0.444 e. The number of hydrogen-bond donors (Lipinski definition) is 2. The second-order valence-corrected chi connectivity index (χ2v) is 16.0. The van der Waals surface area contributed by atoms with Crippen molar-refractivity contribution in [3.63, 3.8) is 0 Å². The van der Waals surface area contributed by atoms with E-state index < -0.39 is 5.60 Å². The van der Waals surface area contributed by atoms with Crippen LogP contribution in [0.3, 0.4) is 0 Å². The summed E-state index contributed by atoms with van der Waals surface area (Å²) < 4.78 is 5.57. The number of nitrogens with one attached hydrogen (secondary N) is 2. The lowest BCUT2D eigenvalue weighted by atomic mass is 9.86. The fourth-order valence-electron chi connectivity index (χ4n) is 8.33. The maximum atomic E-state index is 12.6. The highest BCUT2D eigenvalue weighted by Crippen LogP contribution is 2.43. The van der Waals surface area contributed by atoms with E-state index in [1.54, 1.807) is 4.90 Å². The van der Waals surface area contributed by atoms with E-state index in [4.69, 9.17) is 9.72 Å². The summed E-state index contributed by atoms with van der Waals surface area (Å²) in [6.45, 7) is 13.2. The Morgan fingerprint density at radius 2 is 1.65 bits per heavy atom. The molecule has 1 spiro atoms. The summed E-state index contributed by atoms with van der Waals surface area (Å²) in [5, 5.41) is 5.82. The lowest BCUT2D eigenvalue weighted by molar-refractivity contribution is -0.134. The third-order valence-corrected chi connectivity index (χ3v) is 11.3. The Kier molecular flexibility index (Phi) is 8.60. The molecule has 3 aromatic rings. The third-order valence-electron chi connectivity index (χ3n) is 11.3. The highest BCUT2D eigenvalue weighted by atomic mass is 16.6.